The van der Waals surface area contributed by atoms with Crippen molar-refractivity contribution in [3.05, 3.63) is 0 Å². The zero-order valence-electron chi connectivity index (χ0n) is 16.8. The summed E-state index contributed by atoms with van der Waals surface area (Å²) in [7, 11) is 0. The highest BCUT2D eigenvalue weighted by Crippen LogP contribution is 2.31. The maximum absolute atomic E-state index is 13.0. The highest BCUT2D eigenvalue weighted by molar-refractivity contribution is 5.79. The van der Waals surface area contributed by atoms with Gasteiger partial charge in [0.2, 0.25) is 11.8 Å². The first-order chi connectivity index (χ1) is 13.2. The fourth-order valence-electron chi connectivity index (χ4n) is 5.94. The quantitative estimate of drug-likeness (QED) is 0.794. The van der Waals surface area contributed by atoms with E-state index in [1.54, 1.807) is 0 Å². The van der Waals surface area contributed by atoms with Crippen LogP contribution in [0.3, 0.4) is 0 Å². The zero-order valence-corrected chi connectivity index (χ0v) is 16.8. The van der Waals surface area contributed by atoms with Gasteiger partial charge in [0.15, 0.2) is 0 Å². The SMILES string of the molecule is O=C(CC1CCCC1)NC1CCC(C(=O)N2CC[C@@H]3CNC[C@@H]3CC2)CC1. The Bertz CT molecular complexity index is 510. The summed E-state index contributed by atoms with van der Waals surface area (Å²) in [6.07, 6.45) is 11.9. The Labute approximate surface area is 164 Å². The molecule has 2 heterocycles. The molecule has 2 aliphatic carbocycles. The van der Waals surface area contributed by atoms with Crippen molar-refractivity contribution in [3.63, 3.8) is 0 Å². The molecule has 5 nitrogen and oxygen atoms in total. The summed E-state index contributed by atoms with van der Waals surface area (Å²) in [5, 5.41) is 6.76. The van der Waals surface area contributed by atoms with Crippen molar-refractivity contribution in [1.29, 1.82) is 0 Å². The maximum Gasteiger partial charge on any atom is 0.225 e. The molecule has 2 aliphatic heterocycles. The normalized spacial score (nSPS) is 34.9. The fraction of sp³-hybridized carbons (Fsp3) is 0.909. The lowest BCUT2D eigenvalue weighted by Gasteiger charge is -2.32. The van der Waals surface area contributed by atoms with Gasteiger partial charge in [-0.15, -0.1) is 0 Å². The molecule has 2 saturated heterocycles. The van der Waals surface area contributed by atoms with Gasteiger partial charge in [0, 0.05) is 31.5 Å². The summed E-state index contributed by atoms with van der Waals surface area (Å²) in [5.41, 5.74) is 0. The Morgan fingerprint density at radius 1 is 0.852 bits per heavy atom. The van der Waals surface area contributed by atoms with Gasteiger partial charge in [0.05, 0.1) is 0 Å². The largest absolute Gasteiger partial charge is 0.353 e. The average Bonchev–Trinajstić information content (AvgIpc) is 3.30. The molecular formula is C22H37N3O2. The second-order valence-electron chi connectivity index (χ2n) is 9.55. The van der Waals surface area contributed by atoms with Crippen LogP contribution < -0.4 is 10.6 Å². The van der Waals surface area contributed by atoms with Gasteiger partial charge in [0.1, 0.15) is 0 Å². The van der Waals surface area contributed by atoms with E-state index in [1.165, 1.54) is 25.7 Å². The van der Waals surface area contributed by atoms with E-state index in [0.717, 1.165) is 76.5 Å². The van der Waals surface area contributed by atoms with Gasteiger partial charge in [0.25, 0.3) is 0 Å². The first-order valence-electron chi connectivity index (χ1n) is 11.5. The summed E-state index contributed by atoms with van der Waals surface area (Å²) >= 11 is 0. The molecule has 0 aromatic rings. The highest BCUT2D eigenvalue weighted by Gasteiger charge is 2.35. The number of carbonyl (C=O) groups excluding carboxylic acids is 2. The van der Waals surface area contributed by atoms with Gasteiger partial charge in [-0.3, -0.25) is 9.59 Å². The number of nitrogens with zero attached hydrogens (tertiary/aromatic N) is 1. The maximum atomic E-state index is 13.0. The standard InChI is InChI=1S/C22H37N3O2/c26-21(13-16-3-1-2-4-16)24-20-7-5-17(6-8-20)22(27)25-11-9-18-14-23-15-19(18)10-12-25/h16-20,23H,1-15H2,(H,24,26)/t17?,18-,19+,20?. The first kappa shape index (κ1) is 19.2. The molecule has 2 amide bonds. The monoisotopic (exact) mass is 375 g/mol. The van der Waals surface area contributed by atoms with Crippen LogP contribution in [0.1, 0.15) is 70.6 Å². The van der Waals surface area contributed by atoms with Crippen LogP contribution in [0.5, 0.6) is 0 Å². The van der Waals surface area contributed by atoms with E-state index < -0.39 is 0 Å². The number of nitrogens with one attached hydrogen (secondary N) is 2. The summed E-state index contributed by atoms with van der Waals surface area (Å²) < 4.78 is 0. The molecule has 0 bridgehead atoms. The van der Waals surface area contributed by atoms with Gasteiger partial charge < -0.3 is 15.5 Å². The first-order valence-corrected chi connectivity index (χ1v) is 11.5. The molecule has 5 heteroatoms. The minimum Gasteiger partial charge on any atom is -0.353 e. The van der Waals surface area contributed by atoms with Crippen LogP contribution in [0, 0.1) is 23.7 Å². The van der Waals surface area contributed by atoms with Crippen molar-refractivity contribution in [2.45, 2.75) is 76.7 Å². The molecule has 4 rings (SSSR count). The van der Waals surface area contributed by atoms with E-state index in [2.05, 4.69) is 15.5 Å². The average molecular weight is 376 g/mol. The Morgan fingerprint density at radius 2 is 1.48 bits per heavy atom. The van der Waals surface area contributed by atoms with Crippen LogP contribution >= 0.6 is 0 Å². The molecule has 4 aliphatic rings. The third kappa shape index (κ3) is 4.85. The lowest BCUT2D eigenvalue weighted by molar-refractivity contribution is -0.136. The van der Waals surface area contributed by atoms with E-state index in [1.807, 2.05) is 0 Å². The van der Waals surface area contributed by atoms with Crippen LogP contribution in [-0.2, 0) is 9.59 Å². The summed E-state index contributed by atoms with van der Waals surface area (Å²) in [4.78, 5) is 27.4. The van der Waals surface area contributed by atoms with Crippen LogP contribution in [-0.4, -0.2) is 48.9 Å². The van der Waals surface area contributed by atoms with Gasteiger partial charge in [-0.25, -0.2) is 0 Å². The molecule has 0 radical (unpaired) electrons. The van der Waals surface area contributed by atoms with Crippen molar-refractivity contribution in [2.75, 3.05) is 26.2 Å². The molecule has 152 valence electrons. The molecule has 0 aromatic carbocycles. The number of carbonyl (C=O) groups is 2. The number of rotatable bonds is 4. The van der Waals surface area contributed by atoms with Crippen molar-refractivity contribution >= 4 is 11.8 Å². The molecule has 2 atom stereocenters. The highest BCUT2D eigenvalue weighted by atomic mass is 16.2. The second kappa shape index (κ2) is 8.93. The topological polar surface area (TPSA) is 61.4 Å². The molecular weight excluding hydrogens is 338 g/mol. The molecule has 2 saturated carbocycles. The Kier molecular flexibility index (Phi) is 6.36. The third-order valence-electron chi connectivity index (χ3n) is 7.72. The molecule has 0 unspecified atom stereocenters. The van der Waals surface area contributed by atoms with Crippen molar-refractivity contribution in [1.82, 2.24) is 15.5 Å². The summed E-state index contributed by atoms with van der Waals surface area (Å²) in [6, 6.07) is 0.289. The van der Waals surface area contributed by atoms with E-state index in [4.69, 9.17) is 0 Å². The number of amides is 2. The van der Waals surface area contributed by atoms with E-state index >= 15 is 0 Å². The van der Waals surface area contributed by atoms with Crippen LogP contribution in [0.4, 0.5) is 0 Å². The van der Waals surface area contributed by atoms with Crippen LogP contribution in [0.2, 0.25) is 0 Å². The molecule has 4 fully saturated rings. The predicted octanol–water partition coefficient (Wildman–Crippen LogP) is 2.70. The molecule has 2 N–H and O–H groups in total. The van der Waals surface area contributed by atoms with Gasteiger partial charge in [-0.2, -0.15) is 0 Å². The molecule has 0 spiro atoms. The number of hydrogen-bond donors (Lipinski definition) is 2. The smallest absolute Gasteiger partial charge is 0.225 e. The molecule has 27 heavy (non-hydrogen) atoms. The number of hydrogen-bond acceptors (Lipinski definition) is 3. The lowest BCUT2D eigenvalue weighted by atomic mass is 9.85. The van der Waals surface area contributed by atoms with E-state index in [-0.39, 0.29) is 17.9 Å². The van der Waals surface area contributed by atoms with Gasteiger partial charge in [-0.05, 0) is 82.2 Å². The van der Waals surface area contributed by atoms with Gasteiger partial charge in [-0.1, -0.05) is 12.8 Å². The Hall–Kier alpha value is -1.10. The molecule has 0 aromatic heterocycles. The number of likely N-dealkylation sites (tertiary alicyclic amines) is 1. The second-order valence-corrected chi connectivity index (χ2v) is 9.55. The van der Waals surface area contributed by atoms with E-state index in [9.17, 15) is 9.59 Å². The lowest BCUT2D eigenvalue weighted by Crippen LogP contribution is -2.43. The van der Waals surface area contributed by atoms with Gasteiger partial charge >= 0.3 is 0 Å². The van der Waals surface area contributed by atoms with Crippen molar-refractivity contribution in [2.24, 2.45) is 23.7 Å². The van der Waals surface area contributed by atoms with Crippen LogP contribution in [0.25, 0.3) is 0 Å². The number of fused-ring (bicyclic) bond motifs is 1. The summed E-state index contributed by atoms with van der Waals surface area (Å²) in [6.45, 7) is 4.16. The minimum atomic E-state index is 0.184. The van der Waals surface area contributed by atoms with Crippen molar-refractivity contribution in [3.8, 4) is 0 Å². The zero-order chi connectivity index (χ0) is 18.6. The Morgan fingerprint density at radius 3 is 2.11 bits per heavy atom. The predicted molar refractivity (Wildman–Crippen MR) is 106 cm³/mol. The fourth-order valence-corrected chi connectivity index (χ4v) is 5.94. The minimum absolute atomic E-state index is 0.184. The van der Waals surface area contributed by atoms with Crippen molar-refractivity contribution < 1.29 is 9.59 Å². The van der Waals surface area contributed by atoms with Crippen LogP contribution in [0.15, 0.2) is 0 Å². The summed E-state index contributed by atoms with van der Waals surface area (Å²) in [5.74, 6) is 2.97. The van der Waals surface area contributed by atoms with E-state index in [0.29, 0.717) is 18.2 Å². The third-order valence-corrected chi connectivity index (χ3v) is 7.72. The Balaban J connectivity index is 1.19.